The van der Waals surface area contributed by atoms with Gasteiger partial charge in [0, 0.05) is 31.3 Å². The third-order valence-electron chi connectivity index (χ3n) is 2.45. The number of hydrogen-bond donors (Lipinski definition) is 2. The molecule has 0 aliphatic rings. The highest BCUT2D eigenvalue weighted by molar-refractivity contribution is 5.97. The quantitative estimate of drug-likeness (QED) is 0.186. The lowest BCUT2D eigenvalue weighted by atomic mass is 10.1. The molecular weight excluding hydrogens is 266 g/mol. The van der Waals surface area contributed by atoms with Crippen LogP contribution in [-0.4, -0.2) is 35.8 Å². The lowest BCUT2D eigenvalue weighted by Crippen LogP contribution is -2.13. The van der Waals surface area contributed by atoms with E-state index in [2.05, 4.69) is 5.16 Å². The molecule has 0 aliphatic heterocycles. The van der Waals surface area contributed by atoms with Crippen LogP contribution < -0.4 is 10.5 Å². The van der Waals surface area contributed by atoms with Crippen LogP contribution in [0.2, 0.25) is 0 Å². The molecule has 0 heterocycles. The van der Waals surface area contributed by atoms with Crippen molar-refractivity contribution in [3.8, 4) is 5.75 Å². The number of amidine groups is 1. The minimum absolute atomic E-state index is 0.140. The number of rotatable bonds is 8. The molecule has 0 fully saturated rings. The molecule has 8 nitrogen and oxygen atoms in total. The number of nitrogens with two attached hydrogens (primary N) is 1. The Morgan fingerprint density at radius 3 is 2.85 bits per heavy atom. The molecule has 0 unspecified atom stereocenters. The summed E-state index contributed by atoms with van der Waals surface area (Å²) in [4.78, 5) is 10.4. The van der Waals surface area contributed by atoms with E-state index in [0.717, 1.165) is 0 Å². The van der Waals surface area contributed by atoms with E-state index in [-0.39, 0.29) is 22.8 Å². The fourth-order valence-electron chi connectivity index (χ4n) is 1.49. The summed E-state index contributed by atoms with van der Waals surface area (Å²) in [7, 11) is 0. The average Bonchev–Trinajstić information content (AvgIpc) is 2.46. The molecule has 1 aromatic rings. The summed E-state index contributed by atoms with van der Waals surface area (Å²) in [5, 5.41) is 22.3. The predicted molar refractivity (Wildman–Crippen MR) is 72.2 cm³/mol. The van der Waals surface area contributed by atoms with Gasteiger partial charge in [0.05, 0.1) is 11.5 Å². The minimum atomic E-state index is -0.577. The molecule has 3 N–H and O–H groups in total. The molecule has 0 aromatic heterocycles. The second kappa shape index (κ2) is 7.95. The number of oxime groups is 1. The van der Waals surface area contributed by atoms with Crippen molar-refractivity contribution in [1.29, 1.82) is 0 Å². The summed E-state index contributed by atoms with van der Waals surface area (Å²) < 4.78 is 10.5. The lowest BCUT2D eigenvalue weighted by molar-refractivity contribution is -0.385. The third kappa shape index (κ3) is 4.39. The molecule has 0 aliphatic carbocycles. The summed E-state index contributed by atoms with van der Waals surface area (Å²) in [5.41, 5.74) is 5.41. The van der Waals surface area contributed by atoms with Gasteiger partial charge in [-0.3, -0.25) is 10.1 Å². The number of ether oxygens (including phenoxy) is 2. The predicted octanol–water partition coefficient (Wildman–Crippen LogP) is 1.49. The molecule has 0 atom stereocenters. The van der Waals surface area contributed by atoms with Gasteiger partial charge in [-0.2, -0.15) is 0 Å². The van der Waals surface area contributed by atoms with E-state index in [1.165, 1.54) is 18.2 Å². The summed E-state index contributed by atoms with van der Waals surface area (Å²) in [6.45, 7) is 3.35. The molecule has 0 saturated carbocycles. The van der Waals surface area contributed by atoms with Crippen molar-refractivity contribution in [2.45, 2.75) is 13.3 Å². The lowest BCUT2D eigenvalue weighted by Gasteiger charge is -2.08. The van der Waals surface area contributed by atoms with Crippen LogP contribution >= 0.6 is 0 Å². The number of nitrogens with zero attached hydrogens (tertiary/aromatic N) is 2. The Morgan fingerprint density at radius 1 is 1.50 bits per heavy atom. The van der Waals surface area contributed by atoms with E-state index in [1.807, 2.05) is 6.92 Å². The Balaban J connectivity index is 2.78. The summed E-state index contributed by atoms with van der Waals surface area (Å²) in [6.07, 6.45) is 0.632. The largest absolute Gasteiger partial charge is 0.487 e. The first kappa shape index (κ1) is 15.7. The summed E-state index contributed by atoms with van der Waals surface area (Å²) in [5.74, 6) is -0.0583. The van der Waals surface area contributed by atoms with Crippen molar-refractivity contribution < 1.29 is 19.6 Å². The molecule has 0 saturated heterocycles. The monoisotopic (exact) mass is 283 g/mol. The normalized spacial score (nSPS) is 11.3. The highest BCUT2D eigenvalue weighted by atomic mass is 16.6. The Hall–Kier alpha value is -2.35. The van der Waals surface area contributed by atoms with Crippen molar-refractivity contribution in [1.82, 2.24) is 0 Å². The van der Waals surface area contributed by atoms with E-state index in [1.54, 1.807) is 0 Å². The molecular formula is C12H17N3O5. The first-order chi connectivity index (χ1) is 9.60. The fourth-order valence-corrected chi connectivity index (χ4v) is 1.49. The van der Waals surface area contributed by atoms with Gasteiger partial charge in [-0.05, 0) is 19.1 Å². The smallest absolute Gasteiger partial charge is 0.311 e. The number of hydrogen-bond acceptors (Lipinski definition) is 6. The van der Waals surface area contributed by atoms with Gasteiger partial charge in [0.15, 0.2) is 11.6 Å². The maximum absolute atomic E-state index is 11.0. The summed E-state index contributed by atoms with van der Waals surface area (Å²) >= 11 is 0. The van der Waals surface area contributed by atoms with E-state index in [9.17, 15) is 10.1 Å². The van der Waals surface area contributed by atoms with Crippen LogP contribution in [0.25, 0.3) is 0 Å². The van der Waals surface area contributed by atoms with Crippen LogP contribution in [0, 0.1) is 10.1 Å². The topological polar surface area (TPSA) is 120 Å². The van der Waals surface area contributed by atoms with Crippen LogP contribution in [0.3, 0.4) is 0 Å². The third-order valence-corrected chi connectivity index (χ3v) is 2.45. The van der Waals surface area contributed by atoms with E-state index in [4.69, 9.17) is 20.4 Å². The zero-order valence-electron chi connectivity index (χ0n) is 11.1. The SMILES string of the molecule is CCOCCCOc1ccc(C(N)=NO)cc1[N+](=O)[O-]. The maximum atomic E-state index is 11.0. The van der Waals surface area contributed by atoms with Crippen LogP contribution in [0.4, 0.5) is 5.69 Å². The fraction of sp³-hybridized carbons (Fsp3) is 0.417. The van der Waals surface area contributed by atoms with Gasteiger partial charge in [-0.15, -0.1) is 0 Å². The van der Waals surface area contributed by atoms with Gasteiger partial charge in [0.1, 0.15) is 0 Å². The highest BCUT2D eigenvalue weighted by Crippen LogP contribution is 2.28. The Kier molecular flexibility index (Phi) is 6.24. The molecule has 0 amide bonds. The van der Waals surface area contributed by atoms with Crippen LogP contribution in [-0.2, 0) is 4.74 Å². The van der Waals surface area contributed by atoms with Crippen molar-refractivity contribution in [2.24, 2.45) is 10.9 Å². The number of benzene rings is 1. The number of nitro groups is 1. The molecule has 0 radical (unpaired) electrons. The maximum Gasteiger partial charge on any atom is 0.311 e. The van der Waals surface area contributed by atoms with Gasteiger partial charge >= 0.3 is 5.69 Å². The van der Waals surface area contributed by atoms with Gasteiger partial charge in [-0.25, -0.2) is 0 Å². The van der Waals surface area contributed by atoms with E-state index >= 15 is 0 Å². The average molecular weight is 283 g/mol. The minimum Gasteiger partial charge on any atom is -0.487 e. The molecule has 20 heavy (non-hydrogen) atoms. The van der Waals surface area contributed by atoms with Gasteiger partial charge < -0.3 is 20.4 Å². The Bertz CT molecular complexity index is 490. The molecule has 0 bridgehead atoms. The zero-order chi connectivity index (χ0) is 15.0. The Morgan fingerprint density at radius 2 is 2.25 bits per heavy atom. The second-order valence-corrected chi connectivity index (χ2v) is 3.82. The van der Waals surface area contributed by atoms with Crippen molar-refractivity contribution >= 4 is 11.5 Å². The molecule has 0 spiro atoms. The second-order valence-electron chi connectivity index (χ2n) is 3.82. The van der Waals surface area contributed by atoms with Crippen LogP contribution in [0.1, 0.15) is 18.9 Å². The van der Waals surface area contributed by atoms with Gasteiger partial charge in [0.2, 0.25) is 0 Å². The standard InChI is InChI=1S/C12H17N3O5/c1-2-19-6-3-7-20-11-5-4-9(12(13)14-16)8-10(11)15(17)18/h4-5,8,16H,2-3,6-7H2,1H3,(H2,13,14). The van der Waals surface area contributed by atoms with Crippen LogP contribution in [0.15, 0.2) is 23.4 Å². The van der Waals surface area contributed by atoms with Crippen molar-refractivity contribution in [3.63, 3.8) is 0 Å². The first-order valence-corrected chi connectivity index (χ1v) is 6.07. The van der Waals surface area contributed by atoms with Gasteiger partial charge in [0.25, 0.3) is 0 Å². The number of nitro benzene ring substituents is 1. The Labute approximate surface area is 115 Å². The van der Waals surface area contributed by atoms with Crippen molar-refractivity contribution in [2.75, 3.05) is 19.8 Å². The molecule has 1 rings (SSSR count). The molecule has 1 aromatic carbocycles. The van der Waals surface area contributed by atoms with E-state index in [0.29, 0.717) is 26.2 Å². The van der Waals surface area contributed by atoms with E-state index < -0.39 is 4.92 Å². The zero-order valence-corrected chi connectivity index (χ0v) is 11.1. The summed E-state index contributed by atoms with van der Waals surface area (Å²) in [6, 6.07) is 4.11. The van der Waals surface area contributed by atoms with Gasteiger partial charge in [-0.1, -0.05) is 5.16 Å². The molecule has 110 valence electrons. The first-order valence-electron chi connectivity index (χ1n) is 6.07. The highest BCUT2D eigenvalue weighted by Gasteiger charge is 2.17. The molecule has 8 heteroatoms. The van der Waals surface area contributed by atoms with Crippen molar-refractivity contribution in [3.05, 3.63) is 33.9 Å². The van der Waals surface area contributed by atoms with Crippen LogP contribution in [0.5, 0.6) is 5.75 Å².